The molecular weight excluding hydrogens is 383 g/mol. The first-order valence-corrected chi connectivity index (χ1v) is 10.7. The molecule has 156 valence electrons. The van der Waals surface area contributed by atoms with Crippen molar-refractivity contribution >= 4 is 17.0 Å². The van der Waals surface area contributed by atoms with Crippen LogP contribution in [0.2, 0.25) is 0 Å². The summed E-state index contributed by atoms with van der Waals surface area (Å²) < 4.78 is 20.5. The summed E-state index contributed by atoms with van der Waals surface area (Å²) in [5, 5.41) is 5.11. The Kier molecular flexibility index (Phi) is 4.89. The van der Waals surface area contributed by atoms with Crippen LogP contribution in [-0.2, 0) is 13.0 Å². The third kappa shape index (κ3) is 3.42. The van der Waals surface area contributed by atoms with Crippen molar-refractivity contribution in [3.63, 3.8) is 0 Å². The zero-order valence-corrected chi connectivity index (χ0v) is 17.1. The molecule has 6 nitrogen and oxygen atoms in total. The molecule has 0 saturated carbocycles. The lowest BCUT2D eigenvalue weighted by atomic mass is 9.92. The first-order chi connectivity index (χ1) is 14.6. The van der Waals surface area contributed by atoms with Crippen molar-refractivity contribution in [2.24, 2.45) is 0 Å². The third-order valence-electron chi connectivity index (χ3n) is 6.34. The molecule has 0 aliphatic carbocycles. The predicted molar refractivity (Wildman–Crippen MR) is 113 cm³/mol. The van der Waals surface area contributed by atoms with E-state index in [1.807, 2.05) is 23.8 Å². The Morgan fingerprint density at radius 2 is 2.03 bits per heavy atom. The average molecular weight is 408 g/mol. The number of hydrogen-bond donors (Lipinski definition) is 0. The van der Waals surface area contributed by atoms with Gasteiger partial charge in [0.25, 0.3) is 5.56 Å². The largest absolute Gasteiger partial charge is 0.377 e. The third-order valence-corrected chi connectivity index (χ3v) is 6.34. The van der Waals surface area contributed by atoms with Crippen LogP contribution in [0, 0.1) is 12.7 Å². The fraction of sp³-hybridized carbons (Fsp3) is 0.435. The SMILES string of the molecule is Cc1nc2n(c(=O)c1C=CN1CCC(c3noc4cc(F)ccc34)CC1)CCCC2. The van der Waals surface area contributed by atoms with Crippen molar-refractivity contribution < 1.29 is 8.91 Å². The van der Waals surface area contributed by atoms with Gasteiger partial charge in [0.15, 0.2) is 5.58 Å². The summed E-state index contributed by atoms with van der Waals surface area (Å²) in [6.07, 6.45) is 8.84. The van der Waals surface area contributed by atoms with Gasteiger partial charge in [-0.15, -0.1) is 0 Å². The number of aromatic nitrogens is 3. The van der Waals surface area contributed by atoms with E-state index in [0.29, 0.717) is 17.1 Å². The van der Waals surface area contributed by atoms with E-state index in [9.17, 15) is 9.18 Å². The highest BCUT2D eigenvalue weighted by Gasteiger charge is 2.24. The highest BCUT2D eigenvalue weighted by molar-refractivity contribution is 5.79. The Bertz CT molecular complexity index is 1170. The van der Waals surface area contributed by atoms with Crippen LogP contribution in [0.4, 0.5) is 4.39 Å². The first kappa shape index (κ1) is 19.0. The average Bonchev–Trinajstić information content (AvgIpc) is 3.17. The van der Waals surface area contributed by atoms with Gasteiger partial charge < -0.3 is 9.42 Å². The lowest BCUT2D eigenvalue weighted by Crippen LogP contribution is -2.31. The van der Waals surface area contributed by atoms with Gasteiger partial charge >= 0.3 is 0 Å². The number of benzene rings is 1. The van der Waals surface area contributed by atoms with Gasteiger partial charge in [-0.2, -0.15) is 0 Å². The van der Waals surface area contributed by atoms with Crippen LogP contribution < -0.4 is 5.56 Å². The molecule has 5 rings (SSSR count). The zero-order chi connectivity index (χ0) is 20.7. The molecule has 30 heavy (non-hydrogen) atoms. The van der Waals surface area contributed by atoms with Crippen LogP contribution in [0.15, 0.2) is 33.7 Å². The molecule has 0 amide bonds. The smallest absolute Gasteiger partial charge is 0.261 e. The molecule has 0 spiro atoms. The molecule has 3 aromatic rings. The first-order valence-electron chi connectivity index (χ1n) is 10.7. The number of likely N-dealkylation sites (tertiary alicyclic amines) is 1. The van der Waals surface area contributed by atoms with Gasteiger partial charge in [-0.3, -0.25) is 9.36 Å². The van der Waals surface area contributed by atoms with E-state index < -0.39 is 0 Å². The minimum Gasteiger partial charge on any atom is -0.377 e. The fourth-order valence-corrected chi connectivity index (χ4v) is 4.63. The predicted octanol–water partition coefficient (Wildman–Crippen LogP) is 4.02. The summed E-state index contributed by atoms with van der Waals surface area (Å²) in [7, 11) is 0. The standard InChI is InChI=1S/C23H25FN4O2/c1-15-18(23(29)28-10-3-2-4-21(28)25-15)9-13-27-11-7-16(8-12-27)22-19-6-5-17(24)14-20(19)30-26-22/h5-6,9,13-14,16H,2-4,7-8,10-12H2,1H3. The Morgan fingerprint density at radius 3 is 2.87 bits per heavy atom. The summed E-state index contributed by atoms with van der Waals surface area (Å²) >= 11 is 0. The van der Waals surface area contributed by atoms with E-state index in [4.69, 9.17) is 4.52 Å². The maximum absolute atomic E-state index is 13.4. The number of halogens is 1. The van der Waals surface area contributed by atoms with Crippen LogP contribution in [0.5, 0.6) is 0 Å². The number of nitrogens with zero attached hydrogens (tertiary/aromatic N) is 4. The summed E-state index contributed by atoms with van der Waals surface area (Å²) in [6.45, 7) is 4.43. The van der Waals surface area contributed by atoms with Crippen LogP contribution in [-0.4, -0.2) is 32.7 Å². The minimum atomic E-state index is -0.312. The molecule has 1 saturated heterocycles. The van der Waals surface area contributed by atoms with Gasteiger partial charge in [-0.05, 0) is 57.0 Å². The number of aryl methyl sites for hydroxylation is 2. The topological polar surface area (TPSA) is 64.2 Å². The lowest BCUT2D eigenvalue weighted by Gasteiger charge is -2.30. The van der Waals surface area contributed by atoms with E-state index in [2.05, 4.69) is 15.0 Å². The Labute approximate surface area is 174 Å². The summed E-state index contributed by atoms with van der Waals surface area (Å²) in [5.41, 5.74) is 2.99. The molecule has 0 atom stereocenters. The van der Waals surface area contributed by atoms with Crippen molar-refractivity contribution in [2.75, 3.05) is 13.1 Å². The Hall–Kier alpha value is -2.96. The zero-order valence-electron chi connectivity index (χ0n) is 17.1. The second kappa shape index (κ2) is 7.70. The molecule has 1 aromatic carbocycles. The molecular formula is C23H25FN4O2. The normalized spacial score (nSPS) is 17.7. The Balaban J connectivity index is 1.29. The van der Waals surface area contributed by atoms with E-state index in [1.165, 1.54) is 12.1 Å². The molecule has 0 bridgehead atoms. The summed E-state index contributed by atoms with van der Waals surface area (Å²) in [6, 6.07) is 4.59. The van der Waals surface area contributed by atoms with E-state index in [-0.39, 0.29) is 11.4 Å². The molecule has 4 heterocycles. The van der Waals surface area contributed by atoms with Crippen LogP contribution in [0.25, 0.3) is 17.0 Å². The Morgan fingerprint density at radius 1 is 1.20 bits per heavy atom. The maximum Gasteiger partial charge on any atom is 0.261 e. The van der Waals surface area contributed by atoms with Gasteiger partial charge in [0.1, 0.15) is 11.6 Å². The maximum atomic E-state index is 13.4. The number of fused-ring (bicyclic) bond motifs is 2. The molecule has 1 fully saturated rings. The molecule has 2 aliphatic heterocycles. The minimum absolute atomic E-state index is 0.0737. The molecule has 7 heteroatoms. The highest BCUT2D eigenvalue weighted by Crippen LogP contribution is 2.32. The van der Waals surface area contributed by atoms with Crippen molar-refractivity contribution in [1.82, 2.24) is 19.6 Å². The molecule has 2 aliphatic rings. The summed E-state index contributed by atoms with van der Waals surface area (Å²) in [4.78, 5) is 19.8. The van der Waals surface area contributed by atoms with E-state index >= 15 is 0 Å². The molecule has 2 aromatic heterocycles. The number of hydrogen-bond acceptors (Lipinski definition) is 5. The molecule has 0 N–H and O–H groups in total. The molecule has 0 radical (unpaired) electrons. The van der Waals surface area contributed by atoms with E-state index in [1.54, 1.807) is 6.07 Å². The molecule has 0 unspecified atom stereocenters. The number of rotatable bonds is 3. The second-order valence-corrected chi connectivity index (χ2v) is 8.28. The monoisotopic (exact) mass is 408 g/mol. The van der Waals surface area contributed by atoms with Gasteiger partial charge in [0, 0.05) is 43.4 Å². The van der Waals surface area contributed by atoms with Gasteiger partial charge in [0.05, 0.1) is 17.0 Å². The van der Waals surface area contributed by atoms with Crippen LogP contribution in [0.3, 0.4) is 0 Å². The van der Waals surface area contributed by atoms with Crippen LogP contribution >= 0.6 is 0 Å². The van der Waals surface area contributed by atoms with Crippen molar-refractivity contribution in [3.8, 4) is 0 Å². The van der Waals surface area contributed by atoms with Crippen molar-refractivity contribution in [2.45, 2.75) is 51.5 Å². The van der Waals surface area contributed by atoms with Crippen molar-refractivity contribution in [3.05, 3.63) is 63.3 Å². The fourth-order valence-electron chi connectivity index (χ4n) is 4.63. The van der Waals surface area contributed by atoms with Gasteiger partial charge in [-0.1, -0.05) is 5.16 Å². The van der Waals surface area contributed by atoms with Gasteiger partial charge in [-0.25, -0.2) is 9.37 Å². The van der Waals surface area contributed by atoms with Crippen molar-refractivity contribution in [1.29, 1.82) is 0 Å². The quantitative estimate of drug-likeness (QED) is 0.655. The van der Waals surface area contributed by atoms with Crippen LogP contribution in [0.1, 0.15) is 54.4 Å². The lowest BCUT2D eigenvalue weighted by molar-refractivity contribution is 0.279. The second-order valence-electron chi connectivity index (χ2n) is 8.28. The van der Waals surface area contributed by atoms with Gasteiger partial charge in [0.2, 0.25) is 0 Å². The number of piperidine rings is 1. The van der Waals surface area contributed by atoms with E-state index in [0.717, 1.165) is 74.3 Å². The highest BCUT2D eigenvalue weighted by atomic mass is 19.1. The summed E-state index contributed by atoms with van der Waals surface area (Å²) in [5.74, 6) is 0.897.